The van der Waals surface area contributed by atoms with E-state index in [1.54, 1.807) is 12.4 Å². The van der Waals surface area contributed by atoms with Crippen LogP contribution in [0.4, 0.5) is 91.3 Å². The number of ether oxygens (including phenoxy) is 2. The van der Waals surface area contributed by atoms with Gasteiger partial charge in [0.15, 0.2) is 0 Å². The van der Waals surface area contributed by atoms with Crippen molar-refractivity contribution in [2.45, 2.75) is 0 Å². The van der Waals surface area contributed by atoms with Crippen LogP contribution in [-0.4, -0.2) is 9.97 Å². The van der Waals surface area contributed by atoms with Crippen molar-refractivity contribution < 1.29 is 51.6 Å². The van der Waals surface area contributed by atoms with Crippen LogP contribution < -0.4 is 48.7 Å². The molecule has 12 nitrogen and oxygen atoms in total. The van der Waals surface area contributed by atoms with E-state index in [1.165, 1.54) is 0 Å². The van der Waals surface area contributed by atoms with Crippen LogP contribution in [0, 0.1) is 50.9 Å². The molecule has 9 aromatic carbocycles. The molecule has 0 saturated carbocycles. The number of anilines is 16. The Kier molecular flexibility index (Phi) is 14.2. The molecule has 0 fully saturated rings. The molecule has 0 bridgehead atoms. The predicted octanol–water partition coefficient (Wildman–Crippen LogP) is 16.9. The maximum absolute atomic E-state index is 6.52. The van der Waals surface area contributed by atoms with E-state index in [0.29, 0.717) is 23.0 Å². The second kappa shape index (κ2) is 22.3. The van der Waals surface area contributed by atoms with Gasteiger partial charge in [0.1, 0.15) is 11.6 Å². The van der Waals surface area contributed by atoms with E-state index >= 15 is 0 Å². The second-order valence-corrected chi connectivity index (χ2v) is 19.1. The van der Waals surface area contributed by atoms with Gasteiger partial charge >= 0.3 is 42.1 Å². The Morgan fingerprint density at radius 2 is 0.512 bits per heavy atom. The van der Waals surface area contributed by atoms with E-state index < -0.39 is 0 Å². The molecular formula is C68H44N10O2Pt2. The van der Waals surface area contributed by atoms with Crippen molar-refractivity contribution in [3.8, 4) is 23.0 Å². The first kappa shape index (κ1) is 52.1. The van der Waals surface area contributed by atoms with Gasteiger partial charge in [-0.05, 0) is 97.1 Å². The van der Waals surface area contributed by atoms with Gasteiger partial charge in [0.2, 0.25) is 0 Å². The number of nitrogens with zero attached hydrogens (tertiary/aromatic N) is 10. The monoisotopic (exact) mass is 1420 g/mol. The zero-order chi connectivity index (χ0) is 52.9. The third-order valence-corrected chi connectivity index (χ3v) is 14.2. The molecule has 2 aromatic heterocycles. The predicted molar refractivity (Wildman–Crippen MR) is 316 cm³/mol. The average Bonchev–Trinajstić information content (AvgIpc) is 4.51. The molecular weight excluding hydrogens is 1380 g/mol. The minimum Gasteiger partial charge on any atom is -0.509 e. The molecule has 0 N–H and O–H groups in total. The molecule has 398 valence electrons. The SMILES string of the molecule is [Pt+4].[Pt+4].[c-]1c(Oc2[c-]c(N3[CH-]N(c4ccccn4)c4ccccc43)ccc2)cccc1N1[CH-]N(c2ccc(N3[CH-]N(c4[c-]c(Oc5[c-]c(N6[CH-]N(c7ccccn7)c7ccccc76)ccc5)ccc4)c4ccccc43)cc2)c2ccccc21. The topological polar surface area (TPSA) is 70.2 Å². The minimum atomic E-state index is 0. The number of aromatic nitrogens is 2. The van der Waals surface area contributed by atoms with Crippen LogP contribution in [0.3, 0.4) is 0 Å². The van der Waals surface area contributed by atoms with Crippen LogP contribution >= 0.6 is 0 Å². The molecule has 14 heteroatoms. The molecule has 11 aromatic rings. The van der Waals surface area contributed by atoms with Gasteiger partial charge in [0.05, 0.1) is 0 Å². The normalized spacial score (nSPS) is 13.8. The third kappa shape index (κ3) is 9.63. The molecule has 0 amide bonds. The molecule has 15 rings (SSSR count). The van der Waals surface area contributed by atoms with Crippen molar-refractivity contribution in [1.29, 1.82) is 0 Å². The fourth-order valence-corrected chi connectivity index (χ4v) is 10.5. The first-order valence-corrected chi connectivity index (χ1v) is 26.1. The molecule has 0 radical (unpaired) electrons. The summed E-state index contributed by atoms with van der Waals surface area (Å²) in [6.45, 7) is 8.29. The summed E-state index contributed by atoms with van der Waals surface area (Å²) in [6, 6.07) is 91.6. The van der Waals surface area contributed by atoms with E-state index in [9.17, 15) is 0 Å². The van der Waals surface area contributed by atoms with Crippen molar-refractivity contribution in [1.82, 2.24) is 9.97 Å². The Hall–Kier alpha value is -9.34. The second-order valence-electron chi connectivity index (χ2n) is 19.1. The standard InChI is InChI=1S/C68H44N10O2.2Pt/c1-3-27-61-59(25-1)71(45-73(61)51-17-13-21-55(41-51)79-57-23-15-19-53(43-57)75-47-77(67-33-9-11-39-69-67)65-31-7-5-29-63(65)75)49-35-37-50(38-36-49)72-46-74(62-28-4-2-26-60(62)72)52-18-14-22-56(42-52)80-58-24-16-20-54(44-58)76-48-78(68-34-10-12-40-70-68)66-32-8-6-30-64(66)76;;/h1-40,45-48H;;/q-8;2*+4. The largest absolute Gasteiger partial charge is 4.00 e. The Morgan fingerprint density at radius 3 is 0.793 bits per heavy atom. The molecule has 0 unspecified atom stereocenters. The van der Waals surface area contributed by atoms with Gasteiger partial charge in [0.25, 0.3) is 0 Å². The fraction of sp³-hybridized carbons (Fsp3) is 0. The third-order valence-electron chi connectivity index (χ3n) is 14.2. The Bertz CT molecular complexity index is 3820. The summed E-state index contributed by atoms with van der Waals surface area (Å²) in [5.74, 6) is 3.94. The Morgan fingerprint density at radius 1 is 0.256 bits per heavy atom. The van der Waals surface area contributed by atoms with E-state index in [-0.39, 0.29) is 42.1 Å². The van der Waals surface area contributed by atoms with Crippen LogP contribution in [0.2, 0.25) is 0 Å². The summed E-state index contributed by atoms with van der Waals surface area (Å²) >= 11 is 0. The number of hydrogen-bond acceptors (Lipinski definition) is 12. The van der Waals surface area contributed by atoms with Gasteiger partial charge in [-0.1, -0.05) is 60.7 Å². The number of rotatable bonds is 12. The van der Waals surface area contributed by atoms with Crippen LogP contribution in [0.15, 0.2) is 243 Å². The molecule has 0 saturated heterocycles. The van der Waals surface area contributed by atoms with Gasteiger partial charge in [0, 0.05) is 92.3 Å². The van der Waals surface area contributed by atoms with Crippen molar-refractivity contribution in [2.75, 3.05) is 39.2 Å². The maximum atomic E-state index is 6.52. The molecule has 82 heavy (non-hydrogen) atoms. The van der Waals surface area contributed by atoms with Crippen molar-refractivity contribution in [2.24, 2.45) is 0 Å². The fourth-order valence-electron chi connectivity index (χ4n) is 10.5. The number of para-hydroxylation sites is 8. The van der Waals surface area contributed by atoms with E-state index in [4.69, 9.17) is 9.47 Å². The Balaban J connectivity index is 0.00000316. The minimum absolute atomic E-state index is 0. The molecule has 0 aliphatic carbocycles. The summed E-state index contributed by atoms with van der Waals surface area (Å²) in [6.07, 6.45) is 3.61. The molecule has 0 spiro atoms. The van der Waals surface area contributed by atoms with E-state index in [1.807, 2.05) is 147 Å². The Labute approximate surface area is 505 Å². The zero-order valence-electron chi connectivity index (χ0n) is 43.3. The van der Waals surface area contributed by atoms with Crippen molar-refractivity contribution in [3.63, 3.8) is 0 Å². The number of hydrogen-bond donors (Lipinski definition) is 0. The summed E-state index contributed by atoms with van der Waals surface area (Å²) < 4.78 is 13.0. The summed E-state index contributed by atoms with van der Waals surface area (Å²) in [5.41, 5.74) is 13.6. The van der Waals surface area contributed by atoms with Crippen molar-refractivity contribution in [3.05, 3.63) is 294 Å². The average molecular weight is 1420 g/mol. The molecule has 4 aliphatic rings. The van der Waals surface area contributed by atoms with Crippen LogP contribution in [0.1, 0.15) is 0 Å². The molecule has 4 aliphatic heterocycles. The van der Waals surface area contributed by atoms with Crippen LogP contribution in [0.25, 0.3) is 0 Å². The molecule has 0 atom stereocenters. The number of benzene rings is 9. The smallest absolute Gasteiger partial charge is 0.509 e. The van der Waals surface area contributed by atoms with Gasteiger partial charge in [-0.2, -0.15) is 24.3 Å². The summed E-state index contributed by atoms with van der Waals surface area (Å²) in [4.78, 5) is 26.3. The van der Waals surface area contributed by atoms with Crippen molar-refractivity contribution >= 4 is 91.3 Å². The molecule has 6 heterocycles. The first-order valence-electron chi connectivity index (χ1n) is 26.1. The van der Waals surface area contributed by atoms with Crippen LogP contribution in [0.5, 0.6) is 23.0 Å². The van der Waals surface area contributed by atoms with Gasteiger partial charge in [-0.25, -0.2) is 9.97 Å². The zero-order valence-corrected chi connectivity index (χ0v) is 47.9. The number of pyridine rings is 2. The first-order chi connectivity index (χ1) is 39.6. The number of fused-ring (bicyclic) bond motifs is 4. The summed E-state index contributed by atoms with van der Waals surface area (Å²) in [7, 11) is 0. The van der Waals surface area contributed by atoms with E-state index in [2.05, 4.69) is 184 Å². The van der Waals surface area contributed by atoms with Crippen LogP contribution in [-0.2, 0) is 42.1 Å². The van der Waals surface area contributed by atoms with E-state index in [0.717, 1.165) is 91.3 Å². The van der Waals surface area contributed by atoms with Gasteiger partial charge in [-0.3, -0.25) is 0 Å². The van der Waals surface area contributed by atoms with Gasteiger partial charge < -0.3 is 48.7 Å². The maximum Gasteiger partial charge on any atom is 4.00 e. The van der Waals surface area contributed by atoms with Gasteiger partial charge in [-0.15, -0.1) is 122 Å². The quantitative estimate of drug-likeness (QED) is 0.109. The summed E-state index contributed by atoms with van der Waals surface area (Å²) in [5, 5.41) is 0.